The van der Waals surface area contributed by atoms with Crippen molar-refractivity contribution in [1.82, 2.24) is 14.9 Å². The molecular formula is C27H23N3O4S. The summed E-state index contributed by atoms with van der Waals surface area (Å²) in [5, 5.41) is 3.01. The van der Waals surface area contributed by atoms with E-state index in [1.54, 1.807) is 18.2 Å². The van der Waals surface area contributed by atoms with Crippen LogP contribution in [-0.4, -0.2) is 23.9 Å². The number of fused-ring (bicyclic) bond motifs is 1. The van der Waals surface area contributed by atoms with E-state index in [0.717, 1.165) is 16.6 Å². The molecule has 7 nitrogen and oxygen atoms in total. The van der Waals surface area contributed by atoms with Crippen molar-refractivity contribution in [3.8, 4) is 0 Å². The van der Waals surface area contributed by atoms with Gasteiger partial charge < -0.3 is 14.3 Å². The third-order valence-corrected chi connectivity index (χ3v) is 7.46. The highest BCUT2D eigenvalue weighted by molar-refractivity contribution is 7.90. The van der Waals surface area contributed by atoms with Crippen molar-refractivity contribution >= 4 is 26.8 Å². The minimum absolute atomic E-state index is 0.0305. The number of rotatable bonds is 7. The summed E-state index contributed by atoms with van der Waals surface area (Å²) in [5.41, 5.74) is 2.63. The van der Waals surface area contributed by atoms with Crippen molar-refractivity contribution in [2.75, 3.05) is 0 Å². The van der Waals surface area contributed by atoms with Crippen LogP contribution in [0.15, 0.2) is 106 Å². The van der Waals surface area contributed by atoms with Crippen molar-refractivity contribution in [3.63, 3.8) is 0 Å². The molecular weight excluding hydrogens is 462 g/mol. The Bertz CT molecular complexity index is 1590. The first-order valence-electron chi connectivity index (χ1n) is 11.1. The lowest BCUT2D eigenvalue weighted by Gasteiger charge is -2.18. The van der Waals surface area contributed by atoms with E-state index in [1.807, 2.05) is 66.2 Å². The number of para-hydroxylation sites is 2. The number of benzene rings is 3. The first-order valence-corrected chi connectivity index (χ1v) is 12.7. The third-order valence-electron chi connectivity index (χ3n) is 5.81. The number of amides is 1. The molecule has 3 aromatic carbocycles. The summed E-state index contributed by atoms with van der Waals surface area (Å²) < 4.78 is 33.0. The van der Waals surface area contributed by atoms with Crippen molar-refractivity contribution in [1.29, 1.82) is 0 Å². The highest BCUT2D eigenvalue weighted by Gasteiger charge is 2.25. The van der Waals surface area contributed by atoms with Gasteiger partial charge in [-0.05, 0) is 42.0 Å². The summed E-state index contributed by atoms with van der Waals surface area (Å²) in [6.07, 6.45) is 0. The number of aromatic nitrogens is 2. The zero-order chi connectivity index (χ0) is 24.4. The molecule has 0 bridgehead atoms. The molecule has 5 rings (SSSR count). The van der Waals surface area contributed by atoms with E-state index in [-0.39, 0.29) is 22.2 Å². The minimum Gasteiger partial charge on any atom is -0.455 e. The second-order valence-corrected chi connectivity index (χ2v) is 10.2. The van der Waals surface area contributed by atoms with Crippen LogP contribution in [0, 0.1) is 0 Å². The standard InChI is InChI=1S/C27H23N3O4S/c1-30-23-15-9-8-14-22(23)28-26(30)25(19-10-4-2-5-11-19)29-27(31)24-17-16-20(34-24)18-35(32,33)21-12-6-3-7-13-21/h2-17,25H,18H2,1H3,(H,29,31). The number of furan rings is 1. The van der Waals surface area contributed by atoms with Crippen LogP contribution in [0.2, 0.25) is 0 Å². The van der Waals surface area contributed by atoms with Gasteiger partial charge in [0, 0.05) is 7.05 Å². The highest BCUT2D eigenvalue weighted by atomic mass is 32.2. The van der Waals surface area contributed by atoms with Gasteiger partial charge in [-0.3, -0.25) is 4.79 Å². The van der Waals surface area contributed by atoms with Crippen molar-refractivity contribution in [3.05, 3.63) is 120 Å². The van der Waals surface area contributed by atoms with E-state index in [1.165, 1.54) is 24.3 Å². The molecule has 0 spiro atoms. The van der Waals surface area contributed by atoms with E-state index in [9.17, 15) is 13.2 Å². The number of nitrogens with zero attached hydrogens (tertiary/aromatic N) is 2. The lowest BCUT2D eigenvalue weighted by atomic mass is 10.1. The van der Waals surface area contributed by atoms with Crippen LogP contribution in [0.25, 0.3) is 11.0 Å². The molecule has 0 radical (unpaired) electrons. The molecule has 2 aromatic heterocycles. The van der Waals surface area contributed by atoms with E-state index in [2.05, 4.69) is 5.32 Å². The Kier molecular flexibility index (Phi) is 5.96. The number of hydrogen-bond acceptors (Lipinski definition) is 5. The minimum atomic E-state index is -3.59. The molecule has 0 aliphatic carbocycles. The predicted molar refractivity (Wildman–Crippen MR) is 133 cm³/mol. The molecule has 0 saturated heterocycles. The van der Waals surface area contributed by atoms with Gasteiger partial charge in [0.1, 0.15) is 23.4 Å². The summed E-state index contributed by atoms with van der Waals surface area (Å²) in [6, 6.07) is 27.9. The Morgan fingerprint density at radius 3 is 2.29 bits per heavy atom. The molecule has 0 saturated carbocycles. The number of aryl methyl sites for hydroxylation is 1. The number of hydrogen-bond donors (Lipinski definition) is 1. The van der Waals surface area contributed by atoms with Crippen LogP contribution >= 0.6 is 0 Å². The van der Waals surface area contributed by atoms with Gasteiger partial charge in [-0.1, -0.05) is 60.7 Å². The Morgan fingerprint density at radius 1 is 0.914 bits per heavy atom. The third kappa shape index (κ3) is 4.61. The second-order valence-electron chi connectivity index (χ2n) is 8.17. The Balaban J connectivity index is 1.42. The molecule has 0 fully saturated rings. The molecule has 5 aromatic rings. The van der Waals surface area contributed by atoms with Crippen LogP contribution in [0.4, 0.5) is 0 Å². The lowest BCUT2D eigenvalue weighted by Crippen LogP contribution is -2.30. The van der Waals surface area contributed by atoms with E-state index in [4.69, 9.17) is 9.40 Å². The molecule has 1 atom stereocenters. The fourth-order valence-corrected chi connectivity index (χ4v) is 5.31. The van der Waals surface area contributed by atoms with Crippen molar-refractivity contribution < 1.29 is 17.6 Å². The average molecular weight is 486 g/mol. The number of carbonyl (C=O) groups is 1. The van der Waals surface area contributed by atoms with Gasteiger partial charge >= 0.3 is 0 Å². The number of imidazole rings is 1. The van der Waals surface area contributed by atoms with E-state index < -0.39 is 21.8 Å². The molecule has 0 aliphatic rings. The molecule has 8 heteroatoms. The van der Waals surface area contributed by atoms with Gasteiger partial charge in [0.05, 0.1) is 15.9 Å². The van der Waals surface area contributed by atoms with Gasteiger partial charge in [-0.15, -0.1) is 0 Å². The molecule has 0 aliphatic heterocycles. The fraction of sp³-hybridized carbons (Fsp3) is 0.111. The van der Waals surface area contributed by atoms with Crippen molar-refractivity contribution in [2.24, 2.45) is 7.05 Å². The molecule has 176 valence electrons. The quantitative estimate of drug-likeness (QED) is 0.362. The fourth-order valence-electron chi connectivity index (χ4n) is 4.04. The Labute approximate surface area is 203 Å². The topological polar surface area (TPSA) is 94.2 Å². The average Bonchev–Trinajstić information content (AvgIpc) is 3.48. The van der Waals surface area contributed by atoms with Crippen LogP contribution in [0.3, 0.4) is 0 Å². The van der Waals surface area contributed by atoms with Crippen LogP contribution in [0.1, 0.15) is 33.7 Å². The van der Waals surface area contributed by atoms with Crippen LogP contribution in [0.5, 0.6) is 0 Å². The maximum atomic E-state index is 13.2. The summed E-state index contributed by atoms with van der Waals surface area (Å²) in [7, 11) is -1.69. The van der Waals surface area contributed by atoms with Gasteiger partial charge in [0.15, 0.2) is 15.6 Å². The molecule has 1 amide bonds. The lowest BCUT2D eigenvalue weighted by molar-refractivity contribution is 0.0911. The van der Waals surface area contributed by atoms with E-state index in [0.29, 0.717) is 5.82 Å². The summed E-state index contributed by atoms with van der Waals surface area (Å²) in [4.78, 5) is 18.1. The second kappa shape index (κ2) is 9.23. The summed E-state index contributed by atoms with van der Waals surface area (Å²) in [5.74, 6) is 0.0939. The molecule has 2 heterocycles. The van der Waals surface area contributed by atoms with Gasteiger partial charge in [-0.25, -0.2) is 13.4 Å². The number of carbonyl (C=O) groups excluding carboxylic acids is 1. The highest BCUT2D eigenvalue weighted by Crippen LogP contribution is 2.26. The molecule has 1 N–H and O–H groups in total. The summed E-state index contributed by atoms with van der Waals surface area (Å²) >= 11 is 0. The first-order chi connectivity index (χ1) is 16.9. The first kappa shape index (κ1) is 22.6. The maximum absolute atomic E-state index is 13.2. The van der Waals surface area contributed by atoms with Gasteiger partial charge in [-0.2, -0.15) is 0 Å². The Morgan fingerprint density at radius 2 is 1.57 bits per heavy atom. The van der Waals surface area contributed by atoms with Gasteiger partial charge in [0.25, 0.3) is 5.91 Å². The predicted octanol–water partition coefficient (Wildman–Crippen LogP) is 4.66. The zero-order valence-corrected chi connectivity index (χ0v) is 19.8. The SMILES string of the molecule is Cn1c(C(NC(=O)c2ccc(CS(=O)(=O)c3ccccc3)o2)c2ccccc2)nc2ccccc21. The monoisotopic (exact) mass is 485 g/mol. The Hall–Kier alpha value is -4.17. The maximum Gasteiger partial charge on any atom is 0.287 e. The largest absolute Gasteiger partial charge is 0.455 e. The van der Waals surface area contributed by atoms with E-state index >= 15 is 0 Å². The van der Waals surface area contributed by atoms with Gasteiger partial charge in [0.2, 0.25) is 0 Å². The zero-order valence-electron chi connectivity index (χ0n) is 19.0. The molecule has 1 unspecified atom stereocenters. The van der Waals surface area contributed by atoms with Crippen LogP contribution in [-0.2, 0) is 22.6 Å². The number of nitrogens with one attached hydrogen (secondary N) is 1. The molecule has 35 heavy (non-hydrogen) atoms. The smallest absolute Gasteiger partial charge is 0.287 e. The van der Waals surface area contributed by atoms with Crippen LogP contribution < -0.4 is 5.32 Å². The van der Waals surface area contributed by atoms with Crippen molar-refractivity contribution in [2.45, 2.75) is 16.7 Å². The number of sulfone groups is 1. The normalized spacial score (nSPS) is 12.5. The summed E-state index contributed by atoms with van der Waals surface area (Å²) in [6.45, 7) is 0.